The van der Waals surface area contributed by atoms with Crippen molar-refractivity contribution in [2.24, 2.45) is 5.10 Å². The summed E-state index contributed by atoms with van der Waals surface area (Å²) in [6.45, 7) is 1.75. The maximum absolute atomic E-state index is 13.0. The van der Waals surface area contributed by atoms with Gasteiger partial charge in [-0.2, -0.15) is 5.10 Å². The molecule has 3 aromatic rings. The molecule has 2 amide bonds. The predicted molar refractivity (Wildman–Crippen MR) is 132 cm³/mol. The Labute approximate surface area is 205 Å². The first-order valence-corrected chi connectivity index (χ1v) is 11.1. The van der Waals surface area contributed by atoms with Gasteiger partial charge in [0.05, 0.1) is 24.2 Å². The van der Waals surface area contributed by atoms with Crippen molar-refractivity contribution in [3.63, 3.8) is 0 Å². The second kappa shape index (κ2) is 11.9. The van der Waals surface area contributed by atoms with Gasteiger partial charge in [-0.05, 0) is 70.4 Å². The van der Waals surface area contributed by atoms with E-state index in [0.717, 1.165) is 5.56 Å². The molecule has 7 nitrogen and oxygen atoms in total. The van der Waals surface area contributed by atoms with Gasteiger partial charge in [0.25, 0.3) is 5.91 Å². The molecule has 0 aliphatic heterocycles. The molecule has 3 aromatic carbocycles. The predicted octanol–water partition coefficient (Wildman–Crippen LogP) is 4.62. The highest BCUT2D eigenvalue weighted by Gasteiger charge is 2.13. The zero-order valence-electron chi connectivity index (χ0n) is 18.6. The van der Waals surface area contributed by atoms with E-state index in [1.807, 2.05) is 31.2 Å². The maximum atomic E-state index is 13.0. The van der Waals surface area contributed by atoms with Gasteiger partial charge in [-0.15, -0.1) is 0 Å². The second-order valence-corrected chi connectivity index (χ2v) is 8.19. The van der Waals surface area contributed by atoms with Crippen LogP contribution in [-0.2, 0) is 16.0 Å². The molecule has 0 aliphatic rings. The summed E-state index contributed by atoms with van der Waals surface area (Å²) in [6, 6.07) is 16.5. The summed E-state index contributed by atoms with van der Waals surface area (Å²) in [5, 5.41) is 6.71. The molecule has 0 saturated carbocycles. The minimum Gasteiger partial charge on any atom is -0.493 e. The Hall–Kier alpha value is -3.72. The zero-order valence-corrected chi connectivity index (χ0v) is 20.2. The number of anilines is 1. The van der Waals surface area contributed by atoms with Gasteiger partial charge in [0.15, 0.2) is 18.1 Å². The minimum absolute atomic E-state index is 0.0715. The number of hydrazone groups is 1. The number of carbonyl (C=O) groups is 2. The first-order chi connectivity index (χ1) is 16.3. The molecular formula is C25H23BrFN3O4. The molecular weight excluding hydrogens is 505 g/mol. The summed E-state index contributed by atoms with van der Waals surface area (Å²) >= 11 is 3.42. The van der Waals surface area contributed by atoms with Crippen LogP contribution in [0, 0.1) is 12.7 Å². The number of aryl methyl sites for hydroxylation is 1. The number of methoxy groups -OCH3 is 1. The highest BCUT2D eigenvalue weighted by molar-refractivity contribution is 9.10. The lowest BCUT2D eigenvalue weighted by atomic mass is 10.1. The molecule has 176 valence electrons. The fourth-order valence-corrected chi connectivity index (χ4v) is 3.51. The summed E-state index contributed by atoms with van der Waals surface area (Å²) in [6.07, 6.45) is 1.52. The Bertz CT molecular complexity index is 1180. The fraction of sp³-hybridized carbons (Fsp3) is 0.160. The van der Waals surface area contributed by atoms with Crippen molar-refractivity contribution in [3.05, 3.63) is 87.6 Å². The summed E-state index contributed by atoms with van der Waals surface area (Å²) in [5.41, 5.74) is 5.50. The van der Waals surface area contributed by atoms with Crippen LogP contribution in [0.3, 0.4) is 0 Å². The summed E-state index contributed by atoms with van der Waals surface area (Å²) in [5.74, 6) is -0.266. The van der Waals surface area contributed by atoms with Crippen LogP contribution >= 0.6 is 15.9 Å². The van der Waals surface area contributed by atoms with Crippen molar-refractivity contribution < 1.29 is 23.5 Å². The standard InChI is InChI=1S/C25H23BrFN3O4/c1-16-3-9-20(10-4-16)29-24(32)15-34-25-21(26)11-18(12-22(25)33-2)14-28-30-23(31)13-17-5-7-19(27)8-6-17/h3-12,14H,13,15H2,1-2H3,(H,29,32)(H,30,31)/b28-14+. The topological polar surface area (TPSA) is 89.0 Å². The lowest BCUT2D eigenvalue weighted by molar-refractivity contribution is -0.120. The number of ether oxygens (including phenoxy) is 2. The second-order valence-electron chi connectivity index (χ2n) is 7.33. The van der Waals surface area contributed by atoms with Gasteiger partial charge in [0.2, 0.25) is 5.91 Å². The number of benzene rings is 3. The number of rotatable bonds is 9. The maximum Gasteiger partial charge on any atom is 0.262 e. The molecule has 0 fully saturated rings. The van der Waals surface area contributed by atoms with E-state index in [2.05, 4.69) is 31.8 Å². The van der Waals surface area contributed by atoms with E-state index in [-0.39, 0.29) is 30.7 Å². The zero-order chi connectivity index (χ0) is 24.5. The molecule has 0 spiro atoms. The van der Waals surface area contributed by atoms with Crippen LogP contribution in [0.25, 0.3) is 0 Å². The van der Waals surface area contributed by atoms with Gasteiger partial charge in [0.1, 0.15) is 5.82 Å². The summed E-state index contributed by atoms with van der Waals surface area (Å²) < 4.78 is 24.6. The number of hydrogen-bond acceptors (Lipinski definition) is 5. The third-order valence-electron chi connectivity index (χ3n) is 4.62. The van der Waals surface area contributed by atoms with Crippen LogP contribution in [0.2, 0.25) is 0 Å². The molecule has 0 atom stereocenters. The molecule has 9 heteroatoms. The molecule has 2 N–H and O–H groups in total. The van der Waals surface area contributed by atoms with E-state index < -0.39 is 0 Å². The molecule has 0 bridgehead atoms. The van der Waals surface area contributed by atoms with Gasteiger partial charge < -0.3 is 14.8 Å². The number of nitrogens with zero attached hydrogens (tertiary/aromatic N) is 1. The Morgan fingerprint density at radius 3 is 2.44 bits per heavy atom. The van der Waals surface area contributed by atoms with Crippen molar-refractivity contribution in [2.45, 2.75) is 13.3 Å². The molecule has 0 radical (unpaired) electrons. The van der Waals surface area contributed by atoms with Gasteiger partial charge in [-0.3, -0.25) is 9.59 Å². The first kappa shape index (κ1) is 24.9. The average molecular weight is 528 g/mol. The van der Waals surface area contributed by atoms with E-state index in [4.69, 9.17) is 9.47 Å². The Balaban J connectivity index is 1.57. The molecule has 0 unspecified atom stereocenters. The lowest BCUT2D eigenvalue weighted by Gasteiger charge is -2.13. The molecule has 34 heavy (non-hydrogen) atoms. The third-order valence-corrected chi connectivity index (χ3v) is 5.20. The van der Waals surface area contributed by atoms with E-state index in [0.29, 0.717) is 32.8 Å². The number of hydrogen-bond donors (Lipinski definition) is 2. The fourth-order valence-electron chi connectivity index (χ4n) is 2.93. The van der Waals surface area contributed by atoms with Gasteiger partial charge in [-0.25, -0.2) is 9.82 Å². The number of halogens is 2. The van der Waals surface area contributed by atoms with E-state index >= 15 is 0 Å². The van der Waals surface area contributed by atoms with Gasteiger partial charge >= 0.3 is 0 Å². The van der Waals surface area contributed by atoms with Crippen molar-refractivity contribution >= 4 is 39.6 Å². The van der Waals surface area contributed by atoms with Crippen LogP contribution in [0.1, 0.15) is 16.7 Å². The van der Waals surface area contributed by atoms with E-state index in [1.54, 1.807) is 24.3 Å². The summed E-state index contributed by atoms with van der Waals surface area (Å²) in [4.78, 5) is 24.2. The Morgan fingerprint density at radius 2 is 1.76 bits per heavy atom. The van der Waals surface area contributed by atoms with Crippen LogP contribution in [0.4, 0.5) is 10.1 Å². The van der Waals surface area contributed by atoms with Crippen molar-refractivity contribution in [2.75, 3.05) is 19.0 Å². The third kappa shape index (κ3) is 7.41. The monoisotopic (exact) mass is 527 g/mol. The average Bonchev–Trinajstić information content (AvgIpc) is 2.81. The quantitative estimate of drug-likeness (QED) is 0.314. The highest BCUT2D eigenvalue weighted by atomic mass is 79.9. The minimum atomic E-state index is -0.360. The molecule has 0 heterocycles. The van der Waals surface area contributed by atoms with Crippen LogP contribution in [0.15, 0.2) is 70.2 Å². The Morgan fingerprint density at radius 1 is 1.06 bits per heavy atom. The number of nitrogens with one attached hydrogen (secondary N) is 2. The lowest BCUT2D eigenvalue weighted by Crippen LogP contribution is -2.20. The number of amides is 2. The smallest absolute Gasteiger partial charge is 0.262 e. The molecule has 3 rings (SSSR count). The highest BCUT2D eigenvalue weighted by Crippen LogP contribution is 2.36. The SMILES string of the molecule is COc1cc(/C=N/NC(=O)Cc2ccc(F)cc2)cc(Br)c1OCC(=O)Nc1ccc(C)cc1. The van der Waals surface area contributed by atoms with Crippen molar-refractivity contribution in [1.82, 2.24) is 5.43 Å². The molecule has 0 saturated heterocycles. The van der Waals surface area contributed by atoms with Crippen LogP contribution < -0.4 is 20.2 Å². The van der Waals surface area contributed by atoms with Crippen LogP contribution in [-0.4, -0.2) is 31.7 Å². The van der Waals surface area contributed by atoms with Crippen LogP contribution in [0.5, 0.6) is 11.5 Å². The summed E-state index contributed by atoms with van der Waals surface area (Å²) in [7, 11) is 1.48. The molecule has 0 aromatic heterocycles. The van der Waals surface area contributed by atoms with E-state index in [1.165, 1.54) is 25.5 Å². The first-order valence-electron chi connectivity index (χ1n) is 10.3. The largest absolute Gasteiger partial charge is 0.493 e. The molecule has 0 aliphatic carbocycles. The van der Waals surface area contributed by atoms with Gasteiger partial charge in [0, 0.05) is 5.69 Å². The Kier molecular flexibility index (Phi) is 8.75. The van der Waals surface area contributed by atoms with Crippen molar-refractivity contribution in [1.29, 1.82) is 0 Å². The van der Waals surface area contributed by atoms with Gasteiger partial charge in [-0.1, -0.05) is 29.8 Å². The normalized spacial score (nSPS) is 10.7. The number of carbonyl (C=O) groups excluding carboxylic acids is 2. The van der Waals surface area contributed by atoms with E-state index in [9.17, 15) is 14.0 Å². The van der Waals surface area contributed by atoms with Crippen molar-refractivity contribution in [3.8, 4) is 11.5 Å².